The number of carbonyl (C=O) groups is 1. The first-order valence-electron chi connectivity index (χ1n) is 8.55. The van der Waals surface area contributed by atoms with Crippen molar-refractivity contribution in [3.8, 4) is 0 Å². The predicted molar refractivity (Wildman–Crippen MR) is 94.5 cm³/mol. The van der Waals surface area contributed by atoms with Crippen molar-refractivity contribution >= 4 is 11.6 Å². The quantitative estimate of drug-likeness (QED) is 0.879. The third-order valence-electron chi connectivity index (χ3n) is 4.47. The molecule has 3 N–H and O–H groups in total. The summed E-state index contributed by atoms with van der Waals surface area (Å²) in [6.45, 7) is 5.43. The Kier molecular flexibility index (Phi) is 5.15. The normalized spacial score (nSPS) is 18.5. The molecule has 2 heterocycles. The number of aromatic nitrogens is 2. The van der Waals surface area contributed by atoms with Crippen molar-refractivity contribution in [2.45, 2.75) is 38.9 Å². The first kappa shape index (κ1) is 16.5. The summed E-state index contributed by atoms with van der Waals surface area (Å²) in [7, 11) is 0. The lowest BCUT2D eigenvalue weighted by Gasteiger charge is -2.33. The molecule has 1 aromatic heterocycles. The number of benzene rings is 1. The predicted octanol–water partition coefficient (Wildman–Crippen LogP) is 1.88. The van der Waals surface area contributed by atoms with E-state index in [4.69, 9.17) is 5.73 Å². The number of amides is 1. The van der Waals surface area contributed by atoms with E-state index in [2.05, 4.69) is 39.6 Å². The van der Waals surface area contributed by atoms with Gasteiger partial charge in [0.15, 0.2) is 0 Å². The number of nitrogens with one attached hydrogen (secondary N) is 1. The Morgan fingerprint density at radius 2 is 2.17 bits per heavy atom. The summed E-state index contributed by atoms with van der Waals surface area (Å²) in [6, 6.07) is 10.6. The first-order valence-corrected chi connectivity index (χ1v) is 8.55. The maximum absolute atomic E-state index is 12.6. The molecule has 1 aromatic carbocycles. The second kappa shape index (κ2) is 7.49. The van der Waals surface area contributed by atoms with E-state index in [1.54, 1.807) is 10.9 Å². The second-order valence-corrected chi connectivity index (χ2v) is 6.30. The SMILES string of the molecule is CCn1ncc(N)c1C(=O)NC1CCCN(Cc2ccccc2)C1. The molecule has 3 rings (SSSR count). The van der Waals surface area contributed by atoms with Crippen LogP contribution in [0.1, 0.15) is 35.8 Å². The van der Waals surface area contributed by atoms with E-state index < -0.39 is 0 Å². The lowest BCUT2D eigenvalue weighted by Crippen LogP contribution is -2.47. The molecule has 1 fully saturated rings. The third-order valence-corrected chi connectivity index (χ3v) is 4.47. The number of hydrogen-bond donors (Lipinski definition) is 2. The Labute approximate surface area is 142 Å². The number of nitrogens with two attached hydrogens (primary N) is 1. The van der Waals surface area contributed by atoms with Gasteiger partial charge < -0.3 is 11.1 Å². The van der Waals surface area contributed by atoms with E-state index in [-0.39, 0.29) is 11.9 Å². The average Bonchev–Trinajstić information content (AvgIpc) is 2.97. The summed E-state index contributed by atoms with van der Waals surface area (Å²) < 4.78 is 1.65. The van der Waals surface area contributed by atoms with Crippen LogP contribution in [0.2, 0.25) is 0 Å². The molecule has 6 heteroatoms. The highest BCUT2D eigenvalue weighted by Crippen LogP contribution is 2.16. The molecule has 0 aliphatic carbocycles. The van der Waals surface area contributed by atoms with Crippen LogP contribution in [-0.4, -0.2) is 39.7 Å². The van der Waals surface area contributed by atoms with E-state index in [1.807, 2.05) is 13.0 Å². The number of rotatable bonds is 5. The Balaban J connectivity index is 1.61. The molecule has 0 saturated carbocycles. The van der Waals surface area contributed by atoms with Gasteiger partial charge in [-0.3, -0.25) is 14.4 Å². The molecule has 1 aliphatic heterocycles. The van der Waals surface area contributed by atoms with Crippen molar-refractivity contribution in [1.29, 1.82) is 0 Å². The van der Waals surface area contributed by atoms with Crippen molar-refractivity contribution < 1.29 is 4.79 Å². The highest BCUT2D eigenvalue weighted by molar-refractivity contribution is 5.97. The van der Waals surface area contributed by atoms with Crippen LogP contribution < -0.4 is 11.1 Å². The van der Waals surface area contributed by atoms with Gasteiger partial charge in [0.1, 0.15) is 5.69 Å². The zero-order valence-corrected chi connectivity index (χ0v) is 14.1. The highest BCUT2D eigenvalue weighted by Gasteiger charge is 2.24. The van der Waals surface area contributed by atoms with Crippen molar-refractivity contribution in [3.63, 3.8) is 0 Å². The van der Waals surface area contributed by atoms with Gasteiger partial charge in [0, 0.05) is 25.7 Å². The number of likely N-dealkylation sites (tertiary alicyclic amines) is 1. The average molecular weight is 327 g/mol. The monoisotopic (exact) mass is 327 g/mol. The summed E-state index contributed by atoms with van der Waals surface area (Å²) in [5.74, 6) is -0.126. The van der Waals surface area contributed by atoms with Gasteiger partial charge in [0.2, 0.25) is 0 Å². The summed E-state index contributed by atoms with van der Waals surface area (Å²) in [5, 5.41) is 7.27. The molecule has 24 heavy (non-hydrogen) atoms. The molecule has 128 valence electrons. The maximum Gasteiger partial charge on any atom is 0.271 e. The number of aryl methyl sites for hydroxylation is 1. The van der Waals surface area contributed by atoms with E-state index >= 15 is 0 Å². The molecule has 1 atom stereocenters. The second-order valence-electron chi connectivity index (χ2n) is 6.30. The van der Waals surface area contributed by atoms with Crippen molar-refractivity contribution in [2.75, 3.05) is 18.8 Å². The van der Waals surface area contributed by atoms with Gasteiger partial charge in [-0.25, -0.2) is 0 Å². The molecule has 6 nitrogen and oxygen atoms in total. The van der Waals surface area contributed by atoms with Crippen molar-refractivity contribution in [1.82, 2.24) is 20.0 Å². The fourth-order valence-corrected chi connectivity index (χ4v) is 3.30. The Morgan fingerprint density at radius 1 is 1.38 bits per heavy atom. The Bertz CT molecular complexity index is 682. The maximum atomic E-state index is 12.6. The molecular weight excluding hydrogens is 302 g/mol. The van der Waals surface area contributed by atoms with E-state index in [0.717, 1.165) is 32.5 Å². The molecule has 1 unspecified atom stereocenters. The molecule has 1 aliphatic rings. The van der Waals surface area contributed by atoms with Crippen LogP contribution in [0.5, 0.6) is 0 Å². The van der Waals surface area contributed by atoms with E-state index in [1.165, 1.54) is 5.56 Å². The van der Waals surface area contributed by atoms with Crippen LogP contribution >= 0.6 is 0 Å². The number of anilines is 1. The van der Waals surface area contributed by atoms with Crippen LogP contribution in [0.4, 0.5) is 5.69 Å². The molecule has 1 amide bonds. The zero-order chi connectivity index (χ0) is 16.9. The molecule has 1 saturated heterocycles. The fourth-order valence-electron chi connectivity index (χ4n) is 3.30. The summed E-state index contributed by atoms with van der Waals surface area (Å²) in [5.41, 5.74) is 8.11. The van der Waals surface area contributed by atoms with Crippen molar-refractivity contribution in [2.24, 2.45) is 0 Å². The number of nitrogens with zero attached hydrogens (tertiary/aromatic N) is 3. The van der Waals surface area contributed by atoms with Gasteiger partial charge in [0.05, 0.1) is 11.9 Å². The largest absolute Gasteiger partial charge is 0.396 e. The molecule has 0 bridgehead atoms. The summed E-state index contributed by atoms with van der Waals surface area (Å²) in [4.78, 5) is 15.0. The van der Waals surface area contributed by atoms with Gasteiger partial charge in [-0.05, 0) is 31.9 Å². The first-order chi connectivity index (χ1) is 11.7. The van der Waals surface area contributed by atoms with Gasteiger partial charge in [-0.15, -0.1) is 0 Å². The lowest BCUT2D eigenvalue weighted by molar-refractivity contribution is 0.0891. The van der Waals surface area contributed by atoms with Gasteiger partial charge >= 0.3 is 0 Å². The topological polar surface area (TPSA) is 76.2 Å². The zero-order valence-electron chi connectivity index (χ0n) is 14.1. The number of carbonyl (C=O) groups excluding carboxylic acids is 1. The summed E-state index contributed by atoms with van der Waals surface area (Å²) >= 11 is 0. The van der Waals surface area contributed by atoms with Crippen LogP contribution in [0.15, 0.2) is 36.5 Å². The van der Waals surface area contributed by atoms with Gasteiger partial charge in [-0.1, -0.05) is 30.3 Å². The minimum atomic E-state index is -0.126. The minimum Gasteiger partial charge on any atom is -0.396 e. The lowest BCUT2D eigenvalue weighted by atomic mass is 10.0. The third kappa shape index (κ3) is 3.76. The number of nitrogen functional groups attached to an aromatic ring is 1. The fraction of sp³-hybridized carbons (Fsp3) is 0.444. The smallest absolute Gasteiger partial charge is 0.271 e. The molecular formula is C18H25N5O. The highest BCUT2D eigenvalue weighted by atomic mass is 16.2. The van der Waals surface area contributed by atoms with Gasteiger partial charge in [-0.2, -0.15) is 5.10 Å². The molecule has 2 aromatic rings. The molecule has 0 radical (unpaired) electrons. The number of hydrogen-bond acceptors (Lipinski definition) is 4. The Hall–Kier alpha value is -2.34. The van der Waals surface area contributed by atoms with Crippen LogP contribution in [0.3, 0.4) is 0 Å². The Morgan fingerprint density at radius 3 is 2.92 bits per heavy atom. The summed E-state index contributed by atoms with van der Waals surface area (Å²) in [6.07, 6.45) is 3.62. The van der Waals surface area contributed by atoms with Gasteiger partial charge in [0.25, 0.3) is 5.91 Å². The van der Waals surface area contributed by atoms with E-state index in [0.29, 0.717) is 17.9 Å². The number of piperidine rings is 1. The van der Waals surface area contributed by atoms with E-state index in [9.17, 15) is 4.79 Å². The standard InChI is InChI=1S/C18H25N5O/c1-2-23-17(16(19)11-20-23)18(24)21-15-9-6-10-22(13-15)12-14-7-4-3-5-8-14/h3-5,7-8,11,15H,2,6,9-10,12-13,19H2,1H3,(H,21,24). The minimum absolute atomic E-state index is 0.126. The van der Waals surface area contributed by atoms with Crippen LogP contribution in [0.25, 0.3) is 0 Å². The van der Waals surface area contributed by atoms with Crippen molar-refractivity contribution in [3.05, 3.63) is 47.8 Å². The van der Waals surface area contributed by atoms with Crippen LogP contribution in [-0.2, 0) is 13.1 Å². The van der Waals surface area contributed by atoms with Crippen LogP contribution in [0, 0.1) is 0 Å². The molecule has 0 spiro atoms.